The third-order valence-electron chi connectivity index (χ3n) is 3.66. The average molecular weight is 263 g/mol. The quantitative estimate of drug-likeness (QED) is 0.784. The molecule has 1 aliphatic rings. The number of aromatic nitrogens is 4. The third-order valence-corrected chi connectivity index (χ3v) is 3.66. The summed E-state index contributed by atoms with van der Waals surface area (Å²) in [6.07, 6.45) is 1.97. The standard InChI is InChI=1S/C12H14FN5O/c1-6-7(3-19)2-8(13)10(6)18-5-17-9-11(14)15-4-16-12(9)18/h4-5,7-8,10,19H,1-3H2,(H2,14,15,16). The SMILES string of the molecule is C=C1C(CO)CC(F)C1n1cnc2c(N)ncnc21. The molecule has 0 bridgehead atoms. The molecular formula is C12H14FN5O. The average Bonchev–Trinajstić information content (AvgIpc) is 2.92. The number of imidazole rings is 1. The maximum atomic E-state index is 14.2. The zero-order chi connectivity index (χ0) is 13.6. The number of aliphatic hydroxyl groups excluding tert-OH is 1. The Balaban J connectivity index is 2.10. The molecule has 19 heavy (non-hydrogen) atoms. The monoisotopic (exact) mass is 263 g/mol. The predicted molar refractivity (Wildman–Crippen MR) is 68.0 cm³/mol. The van der Waals surface area contributed by atoms with E-state index in [1.165, 1.54) is 12.7 Å². The fourth-order valence-corrected chi connectivity index (χ4v) is 2.64. The summed E-state index contributed by atoms with van der Waals surface area (Å²) >= 11 is 0. The lowest BCUT2D eigenvalue weighted by atomic mass is 10.0. The van der Waals surface area contributed by atoms with Crippen LogP contribution in [0.2, 0.25) is 0 Å². The molecule has 3 unspecified atom stereocenters. The Labute approximate surface area is 108 Å². The molecule has 0 radical (unpaired) electrons. The summed E-state index contributed by atoms with van der Waals surface area (Å²) < 4.78 is 15.8. The van der Waals surface area contributed by atoms with Crippen molar-refractivity contribution >= 4 is 17.0 Å². The Hall–Kier alpha value is -2.02. The van der Waals surface area contributed by atoms with Crippen LogP contribution in [0.4, 0.5) is 10.2 Å². The highest BCUT2D eigenvalue weighted by Crippen LogP contribution is 2.41. The van der Waals surface area contributed by atoms with Crippen LogP contribution in [0.3, 0.4) is 0 Å². The number of alkyl halides is 1. The van der Waals surface area contributed by atoms with Gasteiger partial charge in [0.2, 0.25) is 0 Å². The maximum absolute atomic E-state index is 14.2. The molecule has 0 spiro atoms. The molecule has 3 N–H and O–H groups in total. The van der Waals surface area contributed by atoms with E-state index in [0.717, 1.165) is 0 Å². The van der Waals surface area contributed by atoms with E-state index in [4.69, 9.17) is 5.73 Å². The molecule has 6 nitrogen and oxygen atoms in total. The minimum absolute atomic E-state index is 0.0977. The molecule has 0 aliphatic heterocycles. The number of halogens is 1. The first-order valence-electron chi connectivity index (χ1n) is 6.00. The van der Waals surface area contributed by atoms with Crippen molar-refractivity contribution in [2.24, 2.45) is 5.92 Å². The van der Waals surface area contributed by atoms with Crippen molar-refractivity contribution in [1.82, 2.24) is 19.5 Å². The summed E-state index contributed by atoms with van der Waals surface area (Å²) in [5.74, 6) is 0.0399. The lowest BCUT2D eigenvalue weighted by Crippen LogP contribution is -2.16. The van der Waals surface area contributed by atoms with Gasteiger partial charge in [0.15, 0.2) is 11.5 Å². The summed E-state index contributed by atoms with van der Waals surface area (Å²) in [6, 6.07) is -0.559. The van der Waals surface area contributed by atoms with Crippen LogP contribution in [0.5, 0.6) is 0 Å². The van der Waals surface area contributed by atoms with Gasteiger partial charge < -0.3 is 15.4 Å². The smallest absolute Gasteiger partial charge is 0.166 e. The number of nitrogens with zero attached hydrogens (tertiary/aromatic N) is 4. The Kier molecular flexibility index (Phi) is 2.70. The van der Waals surface area contributed by atoms with E-state index in [0.29, 0.717) is 16.7 Å². The number of nitrogen functional groups attached to an aromatic ring is 1. The van der Waals surface area contributed by atoms with Gasteiger partial charge in [0, 0.05) is 12.5 Å². The molecule has 1 fully saturated rings. The highest BCUT2D eigenvalue weighted by Gasteiger charge is 2.39. The molecule has 0 aromatic carbocycles. The van der Waals surface area contributed by atoms with Crippen LogP contribution < -0.4 is 5.73 Å². The van der Waals surface area contributed by atoms with Gasteiger partial charge in [-0.3, -0.25) is 0 Å². The molecule has 0 amide bonds. The van der Waals surface area contributed by atoms with Gasteiger partial charge in [-0.05, 0) is 12.0 Å². The van der Waals surface area contributed by atoms with Crippen LogP contribution in [0.1, 0.15) is 12.5 Å². The van der Waals surface area contributed by atoms with Crippen molar-refractivity contribution in [3.8, 4) is 0 Å². The van der Waals surface area contributed by atoms with Gasteiger partial charge in [-0.2, -0.15) is 0 Å². The van der Waals surface area contributed by atoms with Crippen LogP contribution in [-0.4, -0.2) is 37.4 Å². The van der Waals surface area contributed by atoms with E-state index < -0.39 is 12.2 Å². The lowest BCUT2D eigenvalue weighted by molar-refractivity contribution is 0.226. The molecule has 3 rings (SSSR count). The fraction of sp³-hybridized carbons (Fsp3) is 0.417. The number of hydrogen-bond donors (Lipinski definition) is 2. The number of rotatable bonds is 2. The Morgan fingerprint density at radius 1 is 1.47 bits per heavy atom. The van der Waals surface area contributed by atoms with Crippen molar-refractivity contribution < 1.29 is 9.50 Å². The molecule has 100 valence electrons. The van der Waals surface area contributed by atoms with Gasteiger partial charge >= 0.3 is 0 Å². The van der Waals surface area contributed by atoms with Crippen molar-refractivity contribution in [1.29, 1.82) is 0 Å². The highest BCUT2D eigenvalue weighted by molar-refractivity contribution is 5.81. The fourth-order valence-electron chi connectivity index (χ4n) is 2.64. The molecule has 3 atom stereocenters. The summed E-state index contributed by atoms with van der Waals surface area (Å²) in [6.45, 7) is 3.80. The van der Waals surface area contributed by atoms with Crippen molar-refractivity contribution in [2.75, 3.05) is 12.3 Å². The predicted octanol–water partition coefficient (Wildman–Crippen LogP) is 0.856. The van der Waals surface area contributed by atoms with Gasteiger partial charge in [0.25, 0.3) is 0 Å². The van der Waals surface area contributed by atoms with Gasteiger partial charge in [0.05, 0.1) is 12.4 Å². The number of fused-ring (bicyclic) bond motifs is 1. The van der Waals surface area contributed by atoms with E-state index in [1.54, 1.807) is 4.57 Å². The molecule has 1 saturated carbocycles. The summed E-state index contributed by atoms with van der Waals surface area (Å²) in [7, 11) is 0. The molecule has 2 aromatic rings. The highest BCUT2D eigenvalue weighted by atomic mass is 19.1. The Bertz CT molecular complexity index is 640. The van der Waals surface area contributed by atoms with Crippen molar-refractivity contribution in [3.63, 3.8) is 0 Å². The van der Waals surface area contributed by atoms with E-state index in [2.05, 4.69) is 21.5 Å². The minimum Gasteiger partial charge on any atom is -0.396 e. The number of aliphatic hydroxyl groups is 1. The first-order valence-corrected chi connectivity index (χ1v) is 6.00. The first-order chi connectivity index (χ1) is 9.13. The zero-order valence-electron chi connectivity index (χ0n) is 10.2. The van der Waals surface area contributed by atoms with E-state index >= 15 is 0 Å². The number of hydrogen-bond acceptors (Lipinski definition) is 5. The number of nitrogens with two attached hydrogens (primary N) is 1. The van der Waals surface area contributed by atoms with Crippen LogP contribution in [0, 0.1) is 5.92 Å². The van der Waals surface area contributed by atoms with Crippen molar-refractivity contribution in [3.05, 3.63) is 24.8 Å². The van der Waals surface area contributed by atoms with Gasteiger partial charge in [-0.1, -0.05) is 6.58 Å². The molecule has 2 heterocycles. The van der Waals surface area contributed by atoms with Crippen LogP contribution in [0.15, 0.2) is 24.8 Å². The minimum atomic E-state index is -1.11. The largest absolute Gasteiger partial charge is 0.396 e. The summed E-state index contributed by atoms with van der Waals surface area (Å²) in [5, 5.41) is 9.23. The zero-order valence-corrected chi connectivity index (χ0v) is 10.2. The molecular weight excluding hydrogens is 249 g/mol. The van der Waals surface area contributed by atoms with E-state index in [9.17, 15) is 9.50 Å². The topological polar surface area (TPSA) is 89.8 Å². The third kappa shape index (κ3) is 1.69. The van der Waals surface area contributed by atoms with E-state index in [1.807, 2.05) is 0 Å². The Morgan fingerprint density at radius 3 is 2.95 bits per heavy atom. The summed E-state index contributed by atoms with van der Waals surface area (Å²) in [4.78, 5) is 12.1. The van der Waals surface area contributed by atoms with Gasteiger partial charge in [-0.15, -0.1) is 0 Å². The second-order valence-corrected chi connectivity index (χ2v) is 4.73. The maximum Gasteiger partial charge on any atom is 0.166 e. The Morgan fingerprint density at radius 2 is 2.26 bits per heavy atom. The number of anilines is 1. The molecule has 7 heteroatoms. The molecule has 0 saturated heterocycles. The summed E-state index contributed by atoms with van der Waals surface area (Å²) in [5.41, 5.74) is 7.31. The molecule has 2 aromatic heterocycles. The normalized spacial score (nSPS) is 27.3. The van der Waals surface area contributed by atoms with Crippen LogP contribution in [0.25, 0.3) is 11.2 Å². The van der Waals surface area contributed by atoms with Crippen LogP contribution >= 0.6 is 0 Å². The van der Waals surface area contributed by atoms with Crippen molar-refractivity contribution in [2.45, 2.75) is 18.6 Å². The molecule has 1 aliphatic carbocycles. The van der Waals surface area contributed by atoms with Crippen LogP contribution in [-0.2, 0) is 0 Å². The lowest BCUT2D eigenvalue weighted by Gasteiger charge is -2.17. The second-order valence-electron chi connectivity index (χ2n) is 4.73. The van der Waals surface area contributed by atoms with Gasteiger partial charge in [0.1, 0.15) is 18.0 Å². The first kappa shape index (κ1) is 12.0. The van der Waals surface area contributed by atoms with E-state index in [-0.39, 0.29) is 24.8 Å². The van der Waals surface area contributed by atoms with Gasteiger partial charge in [-0.25, -0.2) is 19.3 Å². The second kappa shape index (κ2) is 4.27.